The first kappa shape index (κ1) is 26.9. The van der Waals surface area contributed by atoms with Gasteiger partial charge in [0.1, 0.15) is 11.4 Å². The van der Waals surface area contributed by atoms with Crippen LogP contribution in [0.3, 0.4) is 0 Å². The highest BCUT2D eigenvalue weighted by atomic mass is 19.1. The topological polar surface area (TPSA) is 30.2 Å². The Balaban J connectivity index is 0.00000167. The van der Waals surface area contributed by atoms with Crippen molar-refractivity contribution in [1.82, 2.24) is 0 Å². The maximum absolute atomic E-state index is 13.2. The van der Waals surface area contributed by atoms with E-state index in [1.165, 1.54) is 62.7 Å². The van der Waals surface area contributed by atoms with E-state index in [2.05, 4.69) is 6.58 Å². The Bertz CT molecular complexity index is 1140. The molecule has 3 aromatic rings. The van der Waals surface area contributed by atoms with Crippen LogP contribution in [0, 0.1) is 24.6 Å². The number of hydrogen-bond acceptors (Lipinski definition) is 2. The van der Waals surface area contributed by atoms with Crippen molar-refractivity contribution in [1.29, 1.82) is 0 Å². The fourth-order valence-electron chi connectivity index (χ4n) is 5.30. The third-order valence-corrected chi connectivity index (χ3v) is 7.35. The highest BCUT2D eigenvalue weighted by Gasteiger charge is 2.21. The molecular weight excluding hydrogens is 435 g/mol. The Hall–Kier alpha value is -2.68. The van der Waals surface area contributed by atoms with E-state index < -0.39 is 0 Å². The van der Waals surface area contributed by atoms with Crippen LogP contribution in [0.25, 0.3) is 16.5 Å². The molecule has 0 amide bonds. The van der Waals surface area contributed by atoms with Gasteiger partial charge in [-0.25, -0.2) is 4.39 Å². The van der Waals surface area contributed by atoms with Gasteiger partial charge in [-0.3, -0.25) is 4.79 Å². The first-order valence-electron chi connectivity index (χ1n) is 13.5. The lowest BCUT2D eigenvalue weighted by Crippen LogP contribution is -2.09. The van der Waals surface area contributed by atoms with Gasteiger partial charge in [0.15, 0.2) is 5.43 Å². The van der Waals surface area contributed by atoms with E-state index in [1.807, 2.05) is 51.1 Å². The first-order chi connectivity index (χ1) is 17.0. The van der Waals surface area contributed by atoms with Gasteiger partial charge in [0.2, 0.25) is 0 Å². The number of allylic oxidation sites excluding steroid dienone is 1. The second kappa shape index (κ2) is 13.4. The molecule has 0 spiro atoms. The smallest absolute Gasteiger partial charge is 0.195 e. The monoisotopic (exact) mass is 476 g/mol. The molecule has 0 radical (unpaired) electrons. The molecule has 2 aromatic carbocycles. The van der Waals surface area contributed by atoms with Crippen LogP contribution in [0.1, 0.15) is 88.3 Å². The summed E-state index contributed by atoms with van der Waals surface area (Å²) in [7, 11) is 0. The van der Waals surface area contributed by atoms with Crippen molar-refractivity contribution in [2.75, 3.05) is 0 Å². The van der Waals surface area contributed by atoms with Crippen LogP contribution in [0.2, 0.25) is 0 Å². The zero-order valence-corrected chi connectivity index (χ0v) is 21.7. The Labute approximate surface area is 210 Å². The molecule has 1 fully saturated rings. The molecule has 3 heteroatoms. The maximum atomic E-state index is 13.2. The van der Waals surface area contributed by atoms with Gasteiger partial charge in [-0.2, -0.15) is 0 Å². The van der Waals surface area contributed by atoms with Crippen LogP contribution in [-0.2, 0) is 6.42 Å². The number of halogens is 1. The average molecular weight is 477 g/mol. The summed E-state index contributed by atoms with van der Waals surface area (Å²) in [6.07, 6.45) is 13.2. The molecular formula is C32H41FO2. The molecule has 2 unspecified atom stereocenters. The quantitative estimate of drug-likeness (QED) is 0.239. The van der Waals surface area contributed by atoms with Gasteiger partial charge in [-0.15, -0.1) is 0 Å². The molecule has 0 saturated heterocycles. The van der Waals surface area contributed by atoms with E-state index in [9.17, 15) is 9.18 Å². The predicted molar refractivity (Wildman–Crippen MR) is 146 cm³/mol. The molecule has 0 N–H and O–H groups in total. The Morgan fingerprint density at radius 1 is 1.00 bits per heavy atom. The van der Waals surface area contributed by atoms with E-state index in [1.54, 1.807) is 6.26 Å². The zero-order chi connectivity index (χ0) is 25.2. The zero-order valence-electron chi connectivity index (χ0n) is 21.7. The van der Waals surface area contributed by atoms with Crippen LogP contribution in [0.15, 0.2) is 64.5 Å². The van der Waals surface area contributed by atoms with Crippen molar-refractivity contribution in [3.63, 3.8) is 0 Å². The summed E-state index contributed by atoms with van der Waals surface area (Å²) < 4.78 is 18.9. The van der Waals surface area contributed by atoms with Gasteiger partial charge < -0.3 is 4.42 Å². The minimum atomic E-state index is -0.191. The molecule has 188 valence electrons. The molecule has 1 aliphatic carbocycles. The second-order valence-corrected chi connectivity index (χ2v) is 9.79. The molecule has 2 atom stereocenters. The molecule has 4 rings (SSSR count). The van der Waals surface area contributed by atoms with Gasteiger partial charge in [0, 0.05) is 5.56 Å². The summed E-state index contributed by atoms with van der Waals surface area (Å²) in [5, 5.41) is 0.697. The first-order valence-corrected chi connectivity index (χ1v) is 13.5. The van der Waals surface area contributed by atoms with Gasteiger partial charge >= 0.3 is 0 Å². The highest BCUT2D eigenvalue weighted by molar-refractivity contribution is 5.77. The standard InChI is InChI=1S/C30H35FO2.C2H6/c1-21-11-18-29-28(19-21)30(32)26(20-33-29)9-5-3-4-7-23-8-6-10-24(13-12-23)22(2)25-14-16-27(31)17-15-25;1-2/h11,14-20,23-24H,2-10,12-13H2,1H3;1-2H3. The third kappa shape index (κ3) is 7.40. The summed E-state index contributed by atoms with van der Waals surface area (Å²) >= 11 is 0. The van der Waals surface area contributed by atoms with Gasteiger partial charge in [0.25, 0.3) is 0 Å². The number of unbranched alkanes of at least 4 members (excludes halogenated alkanes) is 2. The van der Waals surface area contributed by atoms with Crippen LogP contribution < -0.4 is 5.43 Å². The minimum Gasteiger partial charge on any atom is -0.464 e. The average Bonchev–Trinajstić information content (AvgIpc) is 3.12. The molecule has 2 nitrogen and oxygen atoms in total. The number of benzene rings is 2. The van der Waals surface area contributed by atoms with Crippen LogP contribution in [-0.4, -0.2) is 0 Å². The third-order valence-electron chi connectivity index (χ3n) is 7.35. The lowest BCUT2D eigenvalue weighted by Gasteiger charge is -2.18. The fourth-order valence-corrected chi connectivity index (χ4v) is 5.30. The van der Waals surface area contributed by atoms with Gasteiger partial charge in [-0.1, -0.05) is 76.3 Å². The van der Waals surface area contributed by atoms with Crippen molar-refractivity contribution in [2.24, 2.45) is 11.8 Å². The van der Waals surface area contributed by atoms with E-state index in [0.717, 1.165) is 41.9 Å². The van der Waals surface area contributed by atoms with Crippen LogP contribution in [0.5, 0.6) is 0 Å². The molecule has 1 saturated carbocycles. The Morgan fingerprint density at radius 3 is 2.54 bits per heavy atom. The SMILES string of the molecule is C=C(c1ccc(F)cc1)C1CCCC(CCCCCc2coc3ccc(C)cc3c2=O)CC1.CC. The van der Waals surface area contributed by atoms with Gasteiger partial charge in [0.05, 0.1) is 11.6 Å². The molecule has 0 bridgehead atoms. The van der Waals surface area contributed by atoms with Gasteiger partial charge in [-0.05, 0) is 86.3 Å². The van der Waals surface area contributed by atoms with E-state index >= 15 is 0 Å². The molecule has 1 aliphatic rings. The lowest BCUT2D eigenvalue weighted by atomic mass is 9.87. The van der Waals surface area contributed by atoms with Crippen molar-refractivity contribution in [3.8, 4) is 0 Å². The minimum absolute atomic E-state index is 0.121. The second-order valence-electron chi connectivity index (χ2n) is 9.79. The largest absolute Gasteiger partial charge is 0.464 e. The summed E-state index contributed by atoms with van der Waals surface area (Å²) in [6.45, 7) is 10.3. The molecule has 1 heterocycles. The Kier molecular flexibility index (Phi) is 10.3. The van der Waals surface area contributed by atoms with E-state index in [0.29, 0.717) is 16.9 Å². The molecule has 0 aliphatic heterocycles. The van der Waals surface area contributed by atoms with Crippen LogP contribution >= 0.6 is 0 Å². The fraction of sp³-hybridized carbons (Fsp3) is 0.469. The summed E-state index contributed by atoms with van der Waals surface area (Å²) in [4.78, 5) is 12.7. The van der Waals surface area contributed by atoms with Crippen molar-refractivity contribution >= 4 is 16.5 Å². The Morgan fingerprint density at radius 2 is 1.77 bits per heavy atom. The van der Waals surface area contributed by atoms with Crippen molar-refractivity contribution in [3.05, 3.63) is 88.0 Å². The van der Waals surface area contributed by atoms with E-state index in [4.69, 9.17) is 4.42 Å². The summed E-state index contributed by atoms with van der Waals surface area (Å²) in [6, 6.07) is 12.6. The normalized spacial score (nSPS) is 17.9. The van der Waals surface area contributed by atoms with Crippen LogP contribution in [0.4, 0.5) is 4.39 Å². The van der Waals surface area contributed by atoms with Crippen molar-refractivity contribution < 1.29 is 8.81 Å². The van der Waals surface area contributed by atoms with E-state index in [-0.39, 0.29) is 11.2 Å². The number of aryl methyl sites for hydroxylation is 2. The number of fused-ring (bicyclic) bond motifs is 1. The molecule has 35 heavy (non-hydrogen) atoms. The maximum Gasteiger partial charge on any atom is 0.195 e. The number of rotatable bonds is 8. The predicted octanol–water partition coefficient (Wildman–Crippen LogP) is 9.28. The summed E-state index contributed by atoms with van der Waals surface area (Å²) in [5.41, 5.74) is 4.91. The van der Waals surface area contributed by atoms with Crippen molar-refractivity contribution in [2.45, 2.75) is 85.0 Å². The lowest BCUT2D eigenvalue weighted by molar-refractivity contribution is 0.404. The summed E-state index contributed by atoms with van der Waals surface area (Å²) in [5.74, 6) is 1.10. The molecule has 1 aromatic heterocycles. The highest BCUT2D eigenvalue weighted by Crippen LogP contribution is 2.37. The number of hydrogen-bond donors (Lipinski definition) is 0.